The van der Waals surface area contributed by atoms with Crippen molar-refractivity contribution in [1.29, 1.82) is 0 Å². The van der Waals surface area contributed by atoms with Gasteiger partial charge >= 0.3 is 0 Å². The first kappa shape index (κ1) is 20.6. The minimum absolute atomic E-state index is 0.138. The molecular weight excluding hydrogens is 390 g/mol. The number of anilines is 3. The van der Waals surface area contributed by atoms with E-state index < -0.39 is 0 Å². The van der Waals surface area contributed by atoms with Gasteiger partial charge in [-0.15, -0.1) is 0 Å². The second-order valence-corrected chi connectivity index (χ2v) is 7.38. The summed E-state index contributed by atoms with van der Waals surface area (Å²) >= 11 is 0. The molecule has 31 heavy (non-hydrogen) atoms. The van der Waals surface area contributed by atoms with E-state index in [0.29, 0.717) is 5.56 Å². The highest BCUT2D eigenvalue weighted by molar-refractivity contribution is 6.04. The van der Waals surface area contributed by atoms with Gasteiger partial charge in [-0.25, -0.2) is 0 Å². The molecule has 1 N–H and O–H groups in total. The molecule has 0 bridgehead atoms. The van der Waals surface area contributed by atoms with Crippen LogP contribution in [0.15, 0.2) is 72.8 Å². The van der Waals surface area contributed by atoms with Gasteiger partial charge in [0.05, 0.1) is 19.9 Å². The van der Waals surface area contributed by atoms with Gasteiger partial charge < -0.3 is 24.6 Å². The fourth-order valence-corrected chi connectivity index (χ4v) is 3.80. The minimum atomic E-state index is -0.138. The van der Waals surface area contributed by atoms with E-state index in [1.54, 1.807) is 38.5 Å². The molecule has 6 heteroatoms. The molecule has 1 fully saturated rings. The lowest BCUT2D eigenvalue weighted by Crippen LogP contribution is -2.46. The Morgan fingerprint density at radius 2 is 1.42 bits per heavy atom. The van der Waals surface area contributed by atoms with Gasteiger partial charge in [0.1, 0.15) is 11.5 Å². The summed E-state index contributed by atoms with van der Waals surface area (Å²) in [5, 5.41) is 2.95. The molecule has 1 heterocycles. The van der Waals surface area contributed by atoms with E-state index in [4.69, 9.17) is 9.47 Å². The van der Waals surface area contributed by atoms with Crippen molar-refractivity contribution in [3.05, 3.63) is 78.4 Å². The Hall–Kier alpha value is -3.67. The molecule has 4 rings (SSSR count). The number of carbonyl (C=O) groups is 1. The molecule has 3 aromatic carbocycles. The number of para-hydroxylation sites is 2. The molecule has 0 spiro atoms. The van der Waals surface area contributed by atoms with Gasteiger partial charge in [0.15, 0.2) is 0 Å². The van der Waals surface area contributed by atoms with E-state index in [1.807, 2.05) is 30.3 Å². The average Bonchev–Trinajstić information content (AvgIpc) is 2.84. The number of carbonyl (C=O) groups excluding carboxylic acids is 1. The number of hydrogen-bond acceptors (Lipinski definition) is 5. The zero-order valence-corrected chi connectivity index (χ0v) is 17.9. The van der Waals surface area contributed by atoms with Crippen molar-refractivity contribution in [2.75, 3.05) is 55.5 Å². The SMILES string of the molecule is COc1ccc(C(=O)Nc2ccc(N3CCN(c4ccccc4OC)CC3)cc2)cc1. The number of amides is 1. The first-order valence-corrected chi connectivity index (χ1v) is 10.4. The number of hydrogen-bond donors (Lipinski definition) is 1. The van der Waals surface area contributed by atoms with Crippen LogP contribution in [0.3, 0.4) is 0 Å². The average molecular weight is 418 g/mol. The van der Waals surface area contributed by atoms with Crippen LogP contribution < -0.4 is 24.6 Å². The number of benzene rings is 3. The highest BCUT2D eigenvalue weighted by Crippen LogP contribution is 2.29. The fourth-order valence-electron chi connectivity index (χ4n) is 3.80. The molecule has 1 saturated heterocycles. The number of nitrogens with one attached hydrogen (secondary N) is 1. The smallest absolute Gasteiger partial charge is 0.255 e. The molecular formula is C25H27N3O3. The van der Waals surface area contributed by atoms with Gasteiger partial charge in [-0.3, -0.25) is 4.79 Å². The van der Waals surface area contributed by atoms with E-state index in [2.05, 4.69) is 33.3 Å². The van der Waals surface area contributed by atoms with Crippen molar-refractivity contribution in [2.45, 2.75) is 0 Å². The monoisotopic (exact) mass is 417 g/mol. The lowest BCUT2D eigenvalue weighted by Gasteiger charge is -2.37. The fraction of sp³-hybridized carbons (Fsp3) is 0.240. The van der Waals surface area contributed by atoms with Crippen LogP contribution in [0.2, 0.25) is 0 Å². The van der Waals surface area contributed by atoms with Crippen molar-refractivity contribution in [2.24, 2.45) is 0 Å². The van der Waals surface area contributed by atoms with E-state index in [-0.39, 0.29) is 5.91 Å². The standard InChI is InChI=1S/C25H27N3O3/c1-30-22-13-7-19(8-14-22)25(29)26-20-9-11-21(12-10-20)27-15-17-28(18-16-27)23-5-3-4-6-24(23)31-2/h3-14H,15-18H2,1-2H3,(H,26,29). The summed E-state index contributed by atoms with van der Waals surface area (Å²) in [6.45, 7) is 3.71. The van der Waals surface area contributed by atoms with Gasteiger partial charge in [-0.05, 0) is 60.7 Å². The van der Waals surface area contributed by atoms with E-state index in [0.717, 1.165) is 54.7 Å². The summed E-state index contributed by atoms with van der Waals surface area (Å²) in [6.07, 6.45) is 0. The predicted molar refractivity (Wildman–Crippen MR) is 125 cm³/mol. The summed E-state index contributed by atoms with van der Waals surface area (Å²) in [6, 6.07) is 23.2. The second-order valence-electron chi connectivity index (χ2n) is 7.38. The lowest BCUT2D eigenvalue weighted by molar-refractivity contribution is 0.102. The van der Waals surface area contributed by atoms with Gasteiger partial charge in [0, 0.05) is 43.1 Å². The van der Waals surface area contributed by atoms with Crippen LogP contribution in [0.5, 0.6) is 11.5 Å². The van der Waals surface area contributed by atoms with Gasteiger partial charge in [0.2, 0.25) is 0 Å². The summed E-state index contributed by atoms with van der Waals surface area (Å²) in [4.78, 5) is 17.2. The van der Waals surface area contributed by atoms with E-state index in [9.17, 15) is 4.79 Å². The Balaban J connectivity index is 1.35. The Bertz CT molecular complexity index is 1010. The summed E-state index contributed by atoms with van der Waals surface area (Å²) < 4.78 is 10.6. The van der Waals surface area contributed by atoms with Crippen molar-refractivity contribution < 1.29 is 14.3 Å². The summed E-state index contributed by atoms with van der Waals surface area (Å²) in [5.41, 5.74) is 3.66. The zero-order valence-electron chi connectivity index (χ0n) is 17.9. The molecule has 1 aliphatic heterocycles. The Morgan fingerprint density at radius 3 is 2.06 bits per heavy atom. The molecule has 0 atom stereocenters. The normalized spacial score (nSPS) is 13.6. The Labute approximate surface area is 183 Å². The first-order valence-electron chi connectivity index (χ1n) is 10.4. The maximum absolute atomic E-state index is 12.4. The number of piperazine rings is 1. The molecule has 3 aromatic rings. The maximum atomic E-state index is 12.4. The zero-order chi connectivity index (χ0) is 21.6. The van der Waals surface area contributed by atoms with Crippen LogP contribution in [-0.2, 0) is 0 Å². The summed E-state index contributed by atoms with van der Waals surface area (Å²) in [5.74, 6) is 1.50. The largest absolute Gasteiger partial charge is 0.497 e. The van der Waals surface area contributed by atoms with Crippen molar-refractivity contribution >= 4 is 23.0 Å². The number of methoxy groups -OCH3 is 2. The minimum Gasteiger partial charge on any atom is -0.497 e. The molecule has 6 nitrogen and oxygen atoms in total. The van der Waals surface area contributed by atoms with Crippen LogP contribution in [0, 0.1) is 0 Å². The molecule has 0 aliphatic carbocycles. The van der Waals surface area contributed by atoms with Gasteiger partial charge in [-0.1, -0.05) is 12.1 Å². The second kappa shape index (κ2) is 9.43. The first-order chi connectivity index (χ1) is 15.2. The van der Waals surface area contributed by atoms with E-state index >= 15 is 0 Å². The van der Waals surface area contributed by atoms with Crippen molar-refractivity contribution in [3.8, 4) is 11.5 Å². The number of rotatable bonds is 6. The van der Waals surface area contributed by atoms with Gasteiger partial charge in [0.25, 0.3) is 5.91 Å². The highest BCUT2D eigenvalue weighted by atomic mass is 16.5. The molecule has 1 amide bonds. The third kappa shape index (κ3) is 4.74. The third-order valence-electron chi connectivity index (χ3n) is 5.55. The molecule has 0 radical (unpaired) electrons. The number of ether oxygens (including phenoxy) is 2. The molecule has 160 valence electrons. The maximum Gasteiger partial charge on any atom is 0.255 e. The van der Waals surface area contributed by atoms with Crippen LogP contribution in [0.1, 0.15) is 10.4 Å². The molecule has 1 aliphatic rings. The van der Waals surface area contributed by atoms with Crippen LogP contribution >= 0.6 is 0 Å². The predicted octanol–water partition coefficient (Wildman–Crippen LogP) is 4.28. The van der Waals surface area contributed by atoms with Gasteiger partial charge in [-0.2, -0.15) is 0 Å². The van der Waals surface area contributed by atoms with Crippen molar-refractivity contribution in [3.63, 3.8) is 0 Å². The molecule has 0 aromatic heterocycles. The lowest BCUT2D eigenvalue weighted by atomic mass is 10.2. The van der Waals surface area contributed by atoms with Crippen LogP contribution in [-0.4, -0.2) is 46.3 Å². The van der Waals surface area contributed by atoms with Crippen LogP contribution in [0.4, 0.5) is 17.1 Å². The summed E-state index contributed by atoms with van der Waals surface area (Å²) in [7, 11) is 3.32. The van der Waals surface area contributed by atoms with Crippen molar-refractivity contribution in [1.82, 2.24) is 0 Å². The van der Waals surface area contributed by atoms with Crippen LogP contribution in [0.25, 0.3) is 0 Å². The molecule has 0 saturated carbocycles. The number of nitrogens with zero attached hydrogens (tertiary/aromatic N) is 2. The Kier molecular flexibility index (Phi) is 6.26. The quantitative estimate of drug-likeness (QED) is 0.649. The van der Waals surface area contributed by atoms with E-state index in [1.165, 1.54) is 0 Å². The Morgan fingerprint density at radius 1 is 0.774 bits per heavy atom. The third-order valence-corrected chi connectivity index (χ3v) is 5.55. The molecule has 0 unspecified atom stereocenters. The highest BCUT2D eigenvalue weighted by Gasteiger charge is 2.19. The topological polar surface area (TPSA) is 54.0 Å².